The van der Waals surface area contributed by atoms with Crippen LogP contribution in [0.1, 0.15) is 29.8 Å². The average molecular weight is 257 g/mol. The Balaban J connectivity index is 1.79. The van der Waals surface area contributed by atoms with Gasteiger partial charge in [0.25, 0.3) is 0 Å². The van der Waals surface area contributed by atoms with E-state index in [-0.39, 0.29) is 0 Å². The molecule has 100 valence electrons. The monoisotopic (exact) mass is 257 g/mol. The Morgan fingerprint density at radius 2 is 2.21 bits per heavy atom. The quantitative estimate of drug-likeness (QED) is 0.883. The number of aryl methyl sites for hydroxylation is 1. The van der Waals surface area contributed by atoms with Crippen LogP contribution in [0, 0.1) is 13.8 Å². The first-order valence-electron chi connectivity index (χ1n) is 6.80. The maximum atomic E-state index is 4.59. The fraction of sp³-hybridized carbons (Fsp3) is 0.500. The van der Waals surface area contributed by atoms with Crippen molar-refractivity contribution < 1.29 is 0 Å². The normalized spacial score (nSPS) is 14.8. The first-order valence-corrected chi connectivity index (χ1v) is 6.80. The summed E-state index contributed by atoms with van der Waals surface area (Å²) in [6.07, 6.45) is 6.99. The van der Waals surface area contributed by atoms with E-state index in [4.69, 9.17) is 0 Å². The van der Waals surface area contributed by atoms with Crippen LogP contribution in [0.5, 0.6) is 0 Å². The molecule has 1 aliphatic rings. The second-order valence-corrected chi connectivity index (χ2v) is 5.11. The number of nitrogens with zero attached hydrogens (tertiary/aromatic N) is 4. The van der Waals surface area contributed by atoms with E-state index in [0.29, 0.717) is 0 Å². The van der Waals surface area contributed by atoms with E-state index in [1.54, 1.807) is 12.5 Å². The fourth-order valence-corrected chi connectivity index (χ4v) is 2.36. The topological polar surface area (TPSA) is 55.6 Å². The van der Waals surface area contributed by atoms with Crippen molar-refractivity contribution in [2.45, 2.75) is 39.2 Å². The van der Waals surface area contributed by atoms with Crippen molar-refractivity contribution in [2.75, 3.05) is 6.54 Å². The van der Waals surface area contributed by atoms with Gasteiger partial charge in [-0.05, 0) is 45.2 Å². The Morgan fingerprint density at radius 1 is 1.37 bits per heavy atom. The van der Waals surface area contributed by atoms with Crippen LogP contribution in [-0.4, -0.2) is 32.3 Å². The van der Waals surface area contributed by atoms with Crippen LogP contribution in [0.4, 0.5) is 0 Å². The molecule has 19 heavy (non-hydrogen) atoms. The molecule has 0 saturated heterocycles. The van der Waals surface area contributed by atoms with E-state index >= 15 is 0 Å². The fourth-order valence-electron chi connectivity index (χ4n) is 2.36. The van der Waals surface area contributed by atoms with Crippen molar-refractivity contribution in [3.8, 4) is 5.82 Å². The third-order valence-electron chi connectivity index (χ3n) is 3.61. The number of aromatic nitrogens is 4. The van der Waals surface area contributed by atoms with Crippen LogP contribution in [0.15, 0.2) is 18.6 Å². The lowest BCUT2D eigenvalue weighted by Crippen LogP contribution is -2.19. The molecule has 1 N–H and O–H groups in total. The Bertz CT molecular complexity index is 557. The largest absolute Gasteiger partial charge is 0.314 e. The zero-order valence-corrected chi connectivity index (χ0v) is 11.4. The van der Waals surface area contributed by atoms with Gasteiger partial charge in [-0.3, -0.25) is 0 Å². The first kappa shape index (κ1) is 12.3. The molecule has 2 aromatic rings. The smallest absolute Gasteiger partial charge is 0.156 e. The lowest BCUT2D eigenvalue weighted by molar-refractivity contribution is 0.679. The molecule has 0 amide bonds. The standard InChI is InChI=1S/C14H19N5/c1-10-13(5-8-16-12-3-4-12)11(2)19(18-10)14-6-7-15-9-17-14/h6-7,9,12,16H,3-5,8H2,1-2H3. The minimum Gasteiger partial charge on any atom is -0.314 e. The van der Waals surface area contributed by atoms with Crippen molar-refractivity contribution in [1.29, 1.82) is 0 Å². The van der Waals surface area contributed by atoms with Gasteiger partial charge >= 0.3 is 0 Å². The molecule has 0 bridgehead atoms. The van der Waals surface area contributed by atoms with Crippen molar-refractivity contribution in [2.24, 2.45) is 0 Å². The van der Waals surface area contributed by atoms with Crippen LogP contribution >= 0.6 is 0 Å². The summed E-state index contributed by atoms with van der Waals surface area (Å²) < 4.78 is 1.91. The van der Waals surface area contributed by atoms with Crippen molar-refractivity contribution in [3.63, 3.8) is 0 Å². The maximum absolute atomic E-state index is 4.59. The van der Waals surface area contributed by atoms with Crippen molar-refractivity contribution in [3.05, 3.63) is 35.5 Å². The van der Waals surface area contributed by atoms with Gasteiger partial charge in [0.15, 0.2) is 5.82 Å². The third-order valence-corrected chi connectivity index (χ3v) is 3.61. The molecule has 2 heterocycles. The summed E-state index contributed by atoms with van der Waals surface area (Å²) in [5, 5.41) is 8.14. The molecule has 0 unspecified atom stereocenters. The summed E-state index contributed by atoms with van der Waals surface area (Å²) >= 11 is 0. The Labute approximate surface area is 113 Å². The molecule has 1 aliphatic carbocycles. The van der Waals surface area contributed by atoms with Gasteiger partial charge in [0.2, 0.25) is 0 Å². The zero-order chi connectivity index (χ0) is 13.2. The van der Waals surface area contributed by atoms with Crippen LogP contribution in [0.25, 0.3) is 5.82 Å². The number of hydrogen-bond acceptors (Lipinski definition) is 4. The van der Waals surface area contributed by atoms with Crippen molar-refractivity contribution in [1.82, 2.24) is 25.1 Å². The summed E-state index contributed by atoms with van der Waals surface area (Å²) in [6.45, 7) is 5.20. The van der Waals surface area contributed by atoms with E-state index in [1.807, 2.05) is 10.7 Å². The molecule has 0 spiro atoms. The summed E-state index contributed by atoms with van der Waals surface area (Å²) in [6, 6.07) is 2.64. The maximum Gasteiger partial charge on any atom is 0.156 e. The number of hydrogen-bond donors (Lipinski definition) is 1. The molecular formula is C14H19N5. The third kappa shape index (κ3) is 2.66. The highest BCUT2D eigenvalue weighted by Crippen LogP contribution is 2.20. The van der Waals surface area contributed by atoms with Gasteiger partial charge in [-0.25, -0.2) is 14.6 Å². The van der Waals surface area contributed by atoms with E-state index in [0.717, 1.165) is 30.5 Å². The van der Waals surface area contributed by atoms with Gasteiger partial charge in [-0.1, -0.05) is 0 Å². The van der Waals surface area contributed by atoms with E-state index in [9.17, 15) is 0 Å². The second kappa shape index (κ2) is 5.09. The molecule has 0 aromatic carbocycles. The molecule has 0 aliphatic heterocycles. The summed E-state index contributed by atoms with van der Waals surface area (Å²) in [7, 11) is 0. The van der Waals surface area contributed by atoms with Gasteiger partial charge in [-0.2, -0.15) is 5.10 Å². The molecule has 0 atom stereocenters. The Morgan fingerprint density at radius 3 is 2.89 bits per heavy atom. The lowest BCUT2D eigenvalue weighted by Gasteiger charge is -2.05. The average Bonchev–Trinajstić information content (AvgIpc) is 3.20. The predicted octanol–water partition coefficient (Wildman–Crippen LogP) is 1.57. The molecule has 1 saturated carbocycles. The summed E-state index contributed by atoms with van der Waals surface area (Å²) in [4.78, 5) is 8.20. The minimum atomic E-state index is 0.762. The second-order valence-electron chi connectivity index (χ2n) is 5.11. The van der Waals surface area contributed by atoms with Gasteiger partial charge in [0, 0.05) is 24.0 Å². The predicted molar refractivity (Wildman–Crippen MR) is 73.4 cm³/mol. The van der Waals surface area contributed by atoms with Crippen LogP contribution in [0.2, 0.25) is 0 Å². The zero-order valence-electron chi connectivity index (χ0n) is 11.4. The SMILES string of the molecule is Cc1nn(-c2ccncn2)c(C)c1CCNC1CC1. The molecule has 3 rings (SSSR count). The van der Waals surface area contributed by atoms with Gasteiger partial charge in [-0.15, -0.1) is 0 Å². The van der Waals surface area contributed by atoms with E-state index < -0.39 is 0 Å². The van der Waals surface area contributed by atoms with Gasteiger partial charge in [0.05, 0.1) is 5.69 Å². The van der Waals surface area contributed by atoms with Crippen molar-refractivity contribution >= 4 is 0 Å². The molecular weight excluding hydrogens is 238 g/mol. The van der Waals surface area contributed by atoms with Gasteiger partial charge in [0.1, 0.15) is 6.33 Å². The highest BCUT2D eigenvalue weighted by Gasteiger charge is 2.20. The van der Waals surface area contributed by atoms with E-state index in [2.05, 4.69) is 34.2 Å². The Hall–Kier alpha value is -1.75. The van der Waals surface area contributed by atoms with E-state index in [1.165, 1.54) is 24.1 Å². The summed E-state index contributed by atoms with van der Waals surface area (Å²) in [5.74, 6) is 0.831. The lowest BCUT2D eigenvalue weighted by atomic mass is 10.1. The highest BCUT2D eigenvalue weighted by atomic mass is 15.3. The van der Waals surface area contributed by atoms with Crippen LogP contribution in [0.3, 0.4) is 0 Å². The van der Waals surface area contributed by atoms with Crippen LogP contribution in [-0.2, 0) is 6.42 Å². The molecule has 2 aromatic heterocycles. The summed E-state index contributed by atoms with van der Waals surface area (Å²) in [5.41, 5.74) is 3.59. The molecule has 5 nitrogen and oxygen atoms in total. The number of rotatable bonds is 5. The number of nitrogens with one attached hydrogen (secondary N) is 1. The molecule has 5 heteroatoms. The molecule has 0 radical (unpaired) electrons. The van der Waals surface area contributed by atoms with Gasteiger partial charge < -0.3 is 5.32 Å². The first-order chi connectivity index (χ1) is 9.25. The Kier molecular flexibility index (Phi) is 3.29. The van der Waals surface area contributed by atoms with Crippen LogP contribution < -0.4 is 5.32 Å². The molecule has 1 fully saturated rings. The highest BCUT2D eigenvalue weighted by molar-refractivity contribution is 5.31. The minimum absolute atomic E-state index is 0.762.